The van der Waals surface area contributed by atoms with E-state index in [2.05, 4.69) is 5.32 Å². The highest BCUT2D eigenvalue weighted by Crippen LogP contribution is 2.39. The Morgan fingerprint density at radius 1 is 1.24 bits per heavy atom. The monoisotopic (exact) mass is 260 g/mol. The molecule has 5 heteroatoms. The lowest BCUT2D eigenvalue weighted by molar-refractivity contribution is 0.218. The SMILES string of the molecule is CC(C)CS(=O)(=O)N1CCC2(CCNCC2)C1. The maximum absolute atomic E-state index is 12.2. The van der Waals surface area contributed by atoms with Gasteiger partial charge in [0.1, 0.15) is 0 Å². The van der Waals surface area contributed by atoms with Gasteiger partial charge in [0.05, 0.1) is 5.75 Å². The number of hydrogen-bond donors (Lipinski definition) is 1. The molecular weight excluding hydrogens is 236 g/mol. The Morgan fingerprint density at radius 2 is 1.88 bits per heavy atom. The molecule has 0 aromatic carbocycles. The smallest absolute Gasteiger partial charge is 0.214 e. The zero-order valence-corrected chi connectivity index (χ0v) is 11.7. The summed E-state index contributed by atoms with van der Waals surface area (Å²) in [6.45, 7) is 7.50. The summed E-state index contributed by atoms with van der Waals surface area (Å²) in [6.07, 6.45) is 3.30. The number of nitrogens with zero attached hydrogens (tertiary/aromatic N) is 1. The fourth-order valence-electron chi connectivity index (χ4n) is 3.02. The molecule has 0 aromatic heterocycles. The summed E-state index contributed by atoms with van der Waals surface area (Å²) in [6, 6.07) is 0. The fraction of sp³-hybridized carbons (Fsp3) is 1.00. The van der Waals surface area contributed by atoms with Gasteiger partial charge in [0, 0.05) is 13.1 Å². The summed E-state index contributed by atoms with van der Waals surface area (Å²) in [5.74, 6) is 0.506. The molecule has 4 nitrogen and oxygen atoms in total. The van der Waals surface area contributed by atoms with E-state index in [-0.39, 0.29) is 11.3 Å². The Labute approximate surface area is 105 Å². The third-order valence-electron chi connectivity index (χ3n) is 4.00. The van der Waals surface area contributed by atoms with E-state index in [9.17, 15) is 8.42 Å². The Balaban J connectivity index is 2.01. The predicted octanol–water partition coefficient (Wildman–Crippen LogP) is 1.05. The van der Waals surface area contributed by atoms with E-state index in [4.69, 9.17) is 0 Å². The quantitative estimate of drug-likeness (QED) is 0.825. The number of hydrogen-bond acceptors (Lipinski definition) is 3. The van der Waals surface area contributed by atoms with E-state index >= 15 is 0 Å². The zero-order chi connectivity index (χ0) is 12.5. The Hall–Kier alpha value is -0.130. The second-order valence-electron chi connectivity index (χ2n) is 6.01. The van der Waals surface area contributed by atoms with Crippen LogP contribution in [0.2, 0.25) is 0 Å². The highest BCUT2D eigenvalue weighted by Gasteiger charge is 2.42. The van der Waals surface area contributed by atoms with Gasteiger partial charge in [0.2, 0.25) is 10.0 Å². The lowest BCUT2D eigenvalue weighted by Crippen LogP contribution is -2.40. The van der Waals surface area contributed by atoms with Gasteiger partial charge in [0.15, 0.2) is 0 Å². The molecule has 2 aliphatic heterocycles. The van der Waals surface area contributed by atoms with Crippen LogP contribution in [0.5, 0.6) is 0 Å². The first-order chi connectivity index (χ1) is 7.94. The van der Waals surface area contributed by atoms with Crippen molar-refractivity contribution < 1.29 is 8.42 Å². The summed E-state index contributed by atoms with van der Waals surface area (Å²) in [4.78, 5) is 0. The molecule has 2 fully saturated rings. The molecule has 0 aromatic rings. The summed E-state index contributed by atoms with van der Waals surface area (Å²) < 4.78 is 26.1. The third kappa shape index (κ3) is 3.01. The molecule has 100 valence electrons. The van der Waals surface area contributed by atoms with Crippen molar-refractivity contribution in [3.63, 3.8) is 0 Å². The van der Waals surface area contributed by atoms with E-state index in [0.717, 1.165) is 45.4 Å². The first-order valence-corrected chi connectivity index (χ1v) is 8.23. The molecule has 0 amide bonds. The van der Waals surface area contributed by atoms with Crippen molar-refractivity contribution in [3.8, 4) is 0 Å². The van der Waals surface area contributed by atoms with Gasteiger partial charge in [0.25, 0.3) is 0 Å². The Bertz CT molecular complexity index is 359. The van der Waals surface area contributed by atoms with Crippen LogP contribution in [0.25, 0.3) is 0 Å². The molecule has 1 spiro atoms. The summed E-state index contributed by atoms with van der Waals surface area (Å²) in [5, 5.41) is 3.35. The minimum absolute atomic E-state index is 0.213. The first kappa shape index (κ1) is 13.3. The second kappa shape index (κ2) is 4.86. The van der Waals surface area contributed by atoms with Gasteiger partial charge in [-0.25, -0.2) is 12.7 Å². The van der Waals surface area contributed by atoms with Gasteiger partial charge >= 0.3 is 0 Å². The predicted molar refractivity (Wildman–Crippen MR) is 69.4 cm³/mol. The molecule has 2 saturated heterocycles. The molecule has 0 atom stereocenters. The minimum Gasteiger partial charge on any atom is -0.317 e. The van der Waals surface area contributed by atoms with Crippen molar-refractivity contribution in [2.24, 2.45) is 11.3 Å². The average molecular weight is 260 g/mol. The van der Waals surface area contributed by atoms with Gasteiger partial charge in [-0.05, 0) is 43.7 Å². The number of sulfonamides is 1. The van der Waals surface area contributed by atoms with Crippen LogP contribution in [0, 0.1) is 11.3 Å². The Morgan fingerprint density at radius 3 is 2.47 bits per heavy atom. The van der Waals surface area contributed by atoms with Crippen LogP contribution in [-0.4, -0.2) is 44.7 Å². The number of rotatable bonds is 3. The van der Waals surface area contributed by atoms with E-state index in [1.54, 1.807) is 4.31 Å². The maximum atomic E-state index is 12.2. The van der Waals surface area contributed by atoms with Crippen molar-refractivity contribution >= 4 is 10.0 Å². The van der Waals surface area contributed by atoms with Crippen molar-refractivity contribution in [3.05, 3.63) is 0 Å². The number of piperidine rings is 1. The van der Waals surface area contributed by atoms with Crippen LogP contribution in [0.3, 0.4) is 0 Å². The van der Waals surface area contributed by atoms with Gasteiger partial charge < -0.3 is 5.32 Å². The second-order valence-corrected chi connectivity index (χ2v) is 8.02. The van der Waals surface area contributed by atoms with Crippen molar-refractivity contribution in [2.45, 2.75) is 33.1 Å². The molecule has 2 rings (SSSR count). The van der Waals surface area contributed by atoms with Crippen LogP contribution in [0.1, 0.15) is 33.1 Å². The molecular formula is C12H24N2O2S. The van der Waals surface area contributed by atoms with Crippen LogP contribution in [0.4, 0.5) is 0 Å². The lowest BCUT2D eigenvalue weighted by atomic mass is 9.78. The largest absolute Gasteiger partial charge is 0.317 e. The molecule has 0 bridgehead atoms. The maximum Gasteiger partial charge on any atom is 0.214 e. The molecule has 0 aliphatic carbocycles. The molecule has 2 heterocycles. The van der Waals surface area contributed by atoms with Crippen molar-refractivity contribution in [1.29, 1.82) is 0 Å². The summed E-state index contributed by atoms with van der Waals surface area (Å²) >= 11 is 0. The van der Waals surface area contributed by atoms with E-state index in [1.807, 2.05) is 13.8 Å². The molecule has 0 radical (unpaired) electrons. The topological polar surface area (TPSA) is 49.4 Å². The first-order valence-electron chi connectivity index (χ1n) is 6.62. The number of nitrogens with one attached hydrogen (secondary N) is 1. The van der Waals surface area contributed by atoms with Gasteiger partial charge in [-0.3, -0.25) is 0 Å². The third-order valence-corrected chi connectivity index (χ3v) is 6.19. The van der Waals surface area contributed by atoms with Crippen LogP contribution >= 0.6 is 0 Å². The minimum atomic E-state index is -3.02. The zero-order valence-electron chi connectivity index (χ0n) is 10.9. The Kier molecular flexibility index (Phi) is 3.80. The van der Waals surface area contributed by atoms with E-state index in [0.29, 0.717) is 5.75 Å². The highest BCUT2D eigenvalue weighted by atomic mass is 32.2. The van der Waals surface area contributed by atoms with Crippen molar-refractivity contribution in [2.75, 3.05) is 31.9 Å². The lowest BCUT2D eigenvalue weighted by Gasteiger charge is -2.33. The van der Waals surface area contributed by atoms with E-state index in [1.165, 1.54) is 0 Å². The van der Waals surface area contributed by atoms with Crippen molar-refractivity contribution in [1.82, 2.24) is 9.62 Å². The molecule has 0 saturated carbocycles. The van der Waals surface area contributed by atoms with Crippen LogP contribution in [0.15, 0.2) is 0 Å². The normalized spacial score (nSPS) is 25.8. The fourth-order valence-corrected chi connectivity index (χ4v) is 4.92. The average Bonchev–Trinajstić information content (AvgIpc) is 2.62. The van der Waals surface area contributed by atoms with Gasteiger partial charge in [-0.2, -0.15) is 0 Å². The summed E-state index contributed by atoms with van der Waals surface area (Å²) in [5.41, 5.74) is 0.273. The van der Waals surface area contributed by atoms with Crippen LogP contribution < -0.4 is 5.32 Å². The highest BCUT2D eigenvalue weighted by molar-refractivity contribution is 7.89. The van der Waals surface area contributed by atoms with Gasteiger partial charge in [-0.15, -0.1) is 0 Å². The molecule has 0 unspecified atom stereocenters. The molecule has 17 heavy (non-hydrogen) atoms. The van der Waals surface area contributed by atoms with E-state index < -0.39 is 10.0 Å². The van der Waals surface area contributed by atoms with Gasteiger partial charge in [-0.1, -0.05) is 13.8 Å². The summed E-state index contributed by atoms with van der Waals surface area (Å²) in [7, 11) is -3.02. The van der Waals surface area contributed by atoms with Crippen LogP contribution in [-0.2, 0) is 10.0 Å². The molecule has 2 aliphatic rings. The standard InChI is InChI=1S/C12H24N2O2S/c1-11(2)9-17(15,16)14-8-5-12(10-14)3-6-13-7-4-12/h11,13H,3-10H2,1-2H3. The molecule has 1 N–H and O–H groups in total.